The number of pyridine rings is 1. The van der Waals surface area contributed by atoms with Crippen LogP contribution in [0.3, 0.4) is 0 Å². The Bertz CT molecular complexity index is 956. The minimum absolute atomic E-state index is 0.229. The zero-order valence-electron chi connectivity index (χ0n) is 12.7. The van der Waals surface area contributed by atoms with Gasteiger partial charge in [-0.2, -0.15) is 0 Å². The van der Waals surface area contributed by atoms with Crippen molar-refractivity contribution < 1.29 is 9.21 Å². The summed E-state index contributed by atoms with van der Waals surface area (Å²) < 4.78 is 5.57. The van der Waals surface area contributed by atoms with Gasteiger partial charge in [0.25, 0.3) is 5.91 Å². The van der Waals surface area contributed by atoms with Crippen molar-refractivity contribution in [1.82, 2.24) is 10.3 Å². The fourth-order valence-electron chi connectivity index (χ4n) is 2.53. The molecule has 0 aliphatic carbocycles. The van der Waals surface area contributed by atoms with Crippen molar-refractivity contribution in [2.75, 3.05) is 0 Å². The van der Waals surface area contributed by atoms with Gasteiger partial charge in [-0.25, -0.2) is 0 Å². The van der Waals surface area contributed by atoms with E-state index in [4.69, 9.17) is 4.42 Å². The van der Waals surface area contributed by atoms with Gasteiger partial charge in [0.15, 0.2) is 5.76 Å². The number of rotatable bonds is 4. The van der Waals surface area contributed by atoms with E-state index in [-0.39, 0.29) is 5.91 Å². The molecule has 24 heavy (non-hydrogen) atoms. The van der Waals surface area contributed by atoms with E-state index in [0.717, 1.165) is 21.4 Å². The number of thiophene rings is 1. The zero-order chi connectivity index (χ0) is 16.4. The van der Waals surface area contributed by atoms with E-state index in [9.17, 15) is 4.79 Å². The van der Waals surface area contributed by atoms with E-state index < -0.39 is 0 Å². The van der Waals surface area contributed by atoms with Crippen LogP contribution in [0.4, 0.5) is 0 Å². The molecule has 1 N–H and O–H groups in total. The summed E-state index contributed by atoms with van der Waals surface area (Å²) >= 11 is 1.67. The van der Waals surface area contributed by atoms with Crippen LogP contribution < -0.4 is 5.32 Å². The minimum Gasteiger partial charge on any atom is -0.451 e. The number of nitrogens with zero attached hydrogens (tertiary/aromatic N) is 1. The van der Waals surface area contributed by atoms with Crippen LogP contribution in [0.1, 0.15) is 16.1 Å². The smallest absolute Gasteiger partial charge is 0.287 e. The molecule has 4 nitrogen and oxygen atoms in total. The van der Waals surface area contributed by atoms with Gasteiger partial charge in [0, 0.05) is 34.8 Å². The van der Waals surface area contributed by atoms with Crippen LogP contribution >= 0.6 is 11.3 Å². The Morgan fingerprint density at radius 2 is 2.04 bits per heavy atom. The number of para-hydroxylation sites is 1. The van der Waals surface area contributed by atoms with Crippen LogP contribution in [0.5, 0.6) is 0 Å². The van der Waals surface area contributed by atoms with Crippen LogP contribution in [0.2, 0.25) is 0 Å². The number of carbonyl (C=O) groups excluding carboxylic acids is 1. The Labute approximate surface area is 142 Å². The normalized spacial score (nSPS) is 10.8. The largest absolute Gasteiger partial charge is 0.451 e. The van der Waals surface area contributed by atoms with Crippen molar-refractivity contribution in [3.63, 3.8) is 0 Å². The zero-order valence-corrected chi connectivity index (χ0v) is 13.5. The number of nitrogens with one attached hydrogen (secondary N) is 1. The number of benzene rings is 1. The first-order valence-corrected chi connectivity index (χ1v) is 8.42. The van der Waals surface area contributed by atoms with Crippen molar-refractivity contribution >= 4 is 28.2 Å². The number of carbonyl (C=O) groups is 1. The summed E-state index contributed by atoms with van der Waals surface area (Å²) in [5.74, 6) is 0.0892. The van der Waals surface area contributed by atoms with Crippen LogP contribution in [0.25, 0.3) is 21.4 Å². The van der Waals surface area contributed by atoms with Crippen LogP contribution in [0.15, 0.2) is 70.7 Å². The molecule has 0 saturated carbocycles. The molecule has 1 amide bonds. The second-order valence-corrected chi connectivity index (χ2v) is 6.34. The lowest BCUT2D eigenvalue weighted by molar-refractivity contribution is 0.0925. The van der Waals surface area contributed by atoms with E-state index in [1.165, 1.54) is 0 Å². The molecule has 0 aliphatic rings. The van der Waals surface area contributed by atoms with Crippen LogP contribution in [0, 0.1) is 0 Å². The monoisotopic (exact) mass is 334 g/mol. The summed E-state index contributed by atoms with van der Waals surface area (Å²) in [5, 5.41) is 5.83. The maximum absolute atomic E-state index is 12.3. The third kappa shape index (κ3) is 2.94. The summed E-state index contributed by atoms with van der Waals surface area (Å²) in [6.45, 7) is 0.405. The van der Waals surface area contributed by atoms with E-state index in [0.29, 0.717) is 17.9 Å². The second-order valence-electron chi connectivity index (χ2n) is 5.39. The Morgan fingerprint density at radius 3 is 2.88 bits per heavy atom. The molecule has 0 spiro atoms. The predicted octanol–water partition coefficient (Wildman–Crippen LogP) is 4.49. The molecule has 1 aromatic carbocycles. The molecule has 4 aromatic rings. The van der Waals surface area contributed by atoms with Gasteiger partial charge in [-0.1, -0.05) is 24.3 Å². The molecule has 3 heterocycles. The molecule has 0 fully saturated rings. The highest BCUT2D eigenvalue weighted by Gasteiger charge is 2.12. The lowest BCUT2D eigenvalue weighted by atomic mass is 10.2. The Morgan fingerprint density at radius 1 is 1.12 bits per heavy atom. The topological polar surface area (TPSA) is 55.1 Å². The van der Waals surface area contributed by atoms with Crippen molar-refractivity contribution in [1.29, 1.82) is 0 Å². The number of furan rings is 1. The standard InChI is InChI=1S/C19H14N2O2S/c22-19(17-9-14-4-1-2-5-16(14)23-17)21-11-13-8-15(12-20-10-13)18-6-3-7-24-18/h1-10,12H,11H2,(H,21,22). The van der Waals surface area contributed by atoms with Crippen molar-refractivity contribution in [2.24, 2.45) is 0 Å². The summed E-state index contributed by atoms with van der Waals surface area (Å²) in [5.41, 5.74) is 2.72. The van der Waals surface area contributed by atoms with E-state index in [2.05, 4.69) is 16.4 Å². The average Bonchev–Trinajstić information content (AvgIpc) is 3.29. The summed E-state index contributed by atoms with van der Waals surface area (Å²) in [6.07, 6.45) is 3.59. The highest BCUT2D eigenvalue weighted by atomic mass is 32.1. The molecule has 3 aromatic heterocycles. The lowest BCUT2D eigenvalue weighted by Gasteiger charge is -2.05. The van der Waals surface area contributed by atoms with E-state index >= 15 is 0 Å². The molecular weight excluding hydrogens is 320 g/mol. The van der Waals surface area contributed by atoms with Gasteiger partial charge in [-0.3, -0.25) is 9.78 Å². The number of hydrogen-bond acceptors (Lipinski definition) is 4. The molecule has 5 heteroatoms. The average molecular weight is 334 g/mol. The Balaban J connectivity index is 1.48. The molecule has 0 bridgehead atoms. The molecular formula is C19H14N2O2S. The number of amides is 1. The van der Waals surface area contributed by atoms with Crippen molar-refractivity contribution in [3.8, 4) is 10.4 Å². The molecule has 4 rings (SSSR count). The SMILES string of the molecule is O=C(NCc1cncc(-c2cccs2)c1)c1cc2ccccc2o1. The fraction of sp³-hybridized carbons (Fsp3) is 0.0526. The molecule has 0 atom stereocenters. The molecule has 0 saturated heterocycles. The minimum atomic E-state index is -0.229. The van der Waals surface area contributed by atoms with Gasteiger partial charge >= 0.3 is 0 Å². The summed E-state index contributed by atoms with van der Waals surface area (Å²) in [6, 6.07) is 15.4. The summed E-state index contributed by atoms with van der Waals surface area (Å²) in [4.78, 5) is 17.7. The van der Waals surface area contributed by atoms with Crippen molar-refractivity contribution in [3.05, 3.63) is 77.6 Å². The second kappa shape index (κ2) is 6.29. The quantitative estimate of drug-likeness (QED) is 0.598. The van der Waals surface area contributed by atoms with Gasteiger partial charge in [0.2, 0.25) is 0 Å². The highest BCUT2D eigenvalue weighted by molar-refractivity contribution is 7.13. The predicted molar refractivity (Wildman–Crippen MR) is 94.9 cm³/mol. The van der Waals surface area contributed by atoms with Crippen LogP contribution in [-0.2, 0) is 6.54 Å². The van der Waals surface area contributed by atoms with E-state index in [1.54, 1.807) is 23.6 Å². The first kappa shape index (κ1) is 14.7. The summed E-state index contributed by atoms with van der Waals surface area (Å²) in [7, 11) is 0. The Hall–Kier alpha value is -2.92. The molecule has 0 unspecified atom stereocenters. The molecule has 118 valence electrons. The molecule has 0 aliphatic heterocycles. The third-order valence-electron chi connectivity index (χ3n) is 3.70. The number of fused-ring (bicyclic) bond motifs is 1. The fourth-order valence-corrected chi connectivity index (χ4v) is 3.23. The Kier molecular flexibility index (Phi) is 3.84. The highest BCUT2D eigenvalue weighted by Crippen LogP contribution is 2.24. The van der Waals surface area contributed by atoms with Gasteiger partial charge < -0.3 is 9.73 Å². The maximum atomic E-state index is 12.3. The van der Waals surface area contributed by atoms with Gasteiger partial charge in [0.1, 0.15) is 5.58 Å². The number of aromatic nitrogens is 1. The van der Waals surface area contributed by atoms with Crippen LogP contribution in [-0.4, -0.2) is 10.9 Å². The number of hydrogen-bond donors (Lipinski definition) is 1. The lowest BCUT2D eigenvalue weighted by Crippen LogP contribution is -2.22. The molecule has 0 radical (unpaired) electrons. The first-order chi connectivity index (χ1) is 11.8. The van der Waals surface area contributed by atoms with Crippen molar-refractivity contribution in [2.45, 2.75) is 6.54 Å². The van der Waals surface area contributed by atoms with E-state index in [1.807, 2.05) is 48.0 Å². The maximum Gasteiger partial charge on any atom is 0.287 e. The van der Waals surface area contributed by atoms with Gasteiger partial charge in [0.05, 0.1) is 0 Å². The van der Waals surface area contributed by atoms with Gasteiger partial charge in [-0.05, 0) is 35.2 Å². The third-order valence-corrected chi connectivity index (χ3v) is 4.62. The first-order valence-electron chi connectivity index (χ1n) is 7.54. The van der Waals surface area contributed by atoms with Gasteiger partial charge in [-0.15, -0.1) is 11.3 Å².